The number of hydrogen-bond acceptors (Lipinski definition) is 7. The van der Waals surface area contributed by atoms with Crippen molar-refractivity contribution in [1.29, 1.82) is 0 Å². The number of rotatable bonds is 9. The van der Waals surface area contributed by atoms with E-state index in [-0.39, 0.29) is 28.8 Å². The lowest BCUT2D eigenvalue weighted by Crippen LogP contribution is -2.54. The lowest BCUT2D eigenvalue weighted by Gasteiger charge is -2.42. The zero-order valence-electron chi connectivity index (χ0n) is 28.2. The van der Waals surface area contributed by atoms with E-state index in [0.29, 0.717) is 24.1 Å². The number of nitrogens with two attached hydrogens (primary N) is 1. The lowest BCUT2D eigenvalue weighted by atomic mass is 9.74. The number of aromatic nitrogens is 2. The van der Waals surface area contributed by atoms with E-state index in [1.807, 2.05) is 25.1 Å². The zero-order chi connectivity index (χ0) is 33.4. The second-order valence-corrected chi connectivity index (χ2v) is 14.7. The van der Waals surface area contributed by atoms with Gasteiger partial charge in [0, 0.05) is 30.4 Å². The van der Waals surface area contributed by atoms with Crippen molar-refractivity contribution in [2.45, 2.75) is 108 Å². The minimum atomic E-state index is -0.665. The van der Waals surface area contributed by atoms with Gasteiger partial charge >= 0.3 is 0 Å². The Labute approximate surface area is 282 Å². The van der Waals surface area contributed by atoms with Crippen molar-refractivity contribution in [3.63, 3.8) is 0 Å². The van der Waals surface area contributed by atoms with Crippen LogP contribution in [-0.4, -0.2) is 64.4 Å². The molecular weight excluding hydrogens is 605 g/mol. The third kappa shape index (κ3) is 6.77. The highest BCUT2D eigenvalue weighted by molar-refractivity contribution is 5.96. The van der Waals surface area contributed by atoms with E-state index in [4.69, 9.17) is 10.7 Å². The number of hydrogen-bond donors (Lipinski definition) is 3. The molecule has 2 saturated carbocycles. The van der Waals surface area contributed by atoms with Crippen LogP contribution in [-0.2, 0) is 5.41 Å². The van der Waals surface area contributed by atoms with Gasteiger partial charge in [-0.3, -0.25) is 9.59 Å². The molecule has 2 amide bonds. The minimum Gasteiger partial charge on any atom is -0.364 e. The molecule has 2 aliphatic heterocycles. The molecule has 2 aromatic carbocycles. The van der Waals surface area contributed by atoms with Crippen molar-refractivity contribution in [2.24, 2.45) is 5.73 Å². The fraction of sp³-hybridized carbons (Fsp3) is 0.526. The third-order valence-electron chi connectivity index (χ3n) is 11.5. The third-order valence-corrected chi connectivity index (χ3v) is 11.5. The van der Waals surface area contributed by atoms with Gasteiger partial charge in [-0.25, -0.2) is 14.4 Å². The van der Waals surface area contributed by atoms with Crippen LogP contribution in [0.4, 0.5) is 21.7 Å². The second kappa shape index (κ2) is 13.5. The summed E-state index contributed by atoms with van der Waals surface area (Å²) in [6.45, 7) is 7.39. The number of anilines is 3. The molecule has 3 heterocycles. The Hall–Kier alpha value is -4.05. The molecule has 10 heteroatoms. The molecule has 0 unspecified atom stereocenters. The summed E-state index contributed by atoms with van der Waals surface area (Å²) in [6.07, 6.45) is 13.0. The molecule has 4 fully saturated rings. The Bertz CT molecular complexity index is 1650. The van der Waals surface area contributed by atoms with Crippen molar-refractivity contribution in [3.05, 3.63) is 76.9 Å². The Balaban J connectivity index is 1.03. The first-order valence-electron chi connectivity index (χ1n) is 17.8. The Morgan fingerprint density at radius 1 is 0.958 bits per heavy atom. The summed E-state index contributed by atoms with van der Waals surface area (Å²) in [5, 5.41) is 6.37. The SMILES string of the molecule is C[C@@H]1[C@H](NC(=O)c2ccc(C3CC3)cc2F)CCCN1c1cnc(C(N)=O)c(Nc2ccc(C3(C)CCN(C4CCCC4)CC3)cc2)n1. The van der Waals surface area contributed by atoms with Crippen molar-refractivity contribution in [1.82, 2.24) is 20.2 Å². The molecule has 7 rings (SSSR count). The van der Waals surface area contributed by atoms with Crippen molar-refractivity contribution >= 4 is 29.1 Å². The Kier molecular flexibility index (Phi) is 9.11. The molecule has 254 valence electrons. The normalized spacial score (nSPS) is 23.2. The first kappa shape index (κ1) is 32.5. The molecule has 0 bridgehead atoms. The molecule has 3 aromatic rings. The zero-order valence-corrected chi connectivity index (χ0v) is 28.2. The number of nitrogens with one attached hydrogen (secondary N) is 2. The average molecular weight is 654 g/mol. The summed E-state index contributed by atoms with van der Waals surface area (Å²) in [6, 6.07) is 13.8. The van der Waals surface area contributed by atoms with Crippen LogP contribution in [0.2, 0.25) is 0 Å². The quantitative estimate of drug-likeness (QED) is 0.244. The number of amides is 2. The van der Waals surface area contributed by atoms with E-state index in [1.165, 1.54) is 37.3 Å². The summed E-state index contributed by atoms with van der Waals surface area (Å²) >= 11 is 0. The Morgan fingerprint density at radius 2 is 1.69 bits per heavy atom. The number of benzene rings is 2. The standard InChI is InChI=1S/C38H48FN7O2/c1-24-32(43-37(48)30-16-11-26(22-31(30)39)25-9-10-25)8-5-19-46(24)33-23-41-34(35(40)47)36(44-33)42-28-14-12-27(13-15-28)38(2)17-20-45(21-18-38)29-6-3-4-7-29/h11-16,22-25,29,32H,3-10,17-21H2,1-2H3,(H2,40,47)(H,42,44)(H,43,48)/t24-,32-/m1/s1. The summed E-state index contributed by atoms with van der Waals surface area (Å²) < 4.78 is 14.9. The molecule has 1 aromatic heterocycles. The van der Waals surface area contributed by atoms with E-state index in [0.717, 1.165) is 68.9 Å². The number of nitrogens with zero attached hydrogens (tertiary/aromatic N) is 4. The number of piperidine rings is 2. The van der Waals surface area contributed by atoms with Crippen LogP contribution in [0.15, 0.2) is 48.7 Å². The fourth-order valence-electron chi connectivity index (χ4n) is 8.11. The highest BCUT2D eigenvalue weighted by atomic mass is 19.1. The molecule has 2 aliphatic carbocycles. The van der Waals surface area contributed by atoms with E-state index < -0.39 is 17.6 Å². The van der Waals surface area contributed by atoms with Gasteiger partial charge in [0.2, 0.25) is 0 Å². The van der Waals surface area contributed by atoms with Gasteiger partial charge < -0.3 is 26.2 Å². The number of carbonyl (C=O) groups excluding carboxylic acids is 2. The summed E-state index contributed by atoms with van der Waals surface area (Å²) in [5.41, 5.74) is 9.06. The van der Waals surface area contributed by atoms with Gasteiger partial charge in [-0.2, -0.15) is 0 Å². The van der Waals surface area contributed by atoms with Gasteiger partial charge in [-0.05, 0) is 118 Å². The summed E-state index contributed by atoms with van der Waals surface area (Å²) in [7, 11) is 0. The maximum Gasteiger partial charge on any atom is 0.271 e. The minimum absolute atomic E-state index is 0.0636. The second-order valence-electron chi connectivity index (χ2n) is 14.7. The van der Waals surface area contributed by atoms with E-state index in [9.17, 15) is 14.0 Å². The highest BCUT2D eigenvalue weighted by Gasteiger charge is 2.35. The maximum atomic E-state index is 14.9. The predicted molar refractivity (Wildman–Crippen MR) is 186 cm³/mol. The van der Waals surface area contributed by atoms with Gasteiger partial charge in [0.15, 0.2) is 11.5 Å². The van der Waals surface area contributed by atoms with Crippen LogP contribution < -0.4 is 21.3 Å². The van der Waals surface area contributed by atoms with E-state index in [2.05, 4.69) is 44.5 Å². The monoisotopic (exact) mass is 653 g/mol. The van der Waals surface area contributed by atoms with Crippen molar-refractivity contribution < 1.29 is 14.0 Å². The maximum absolute atomic E-state index is 14.9. The Morgan fingerprint density at radius 3 is 2.35 bits per heavy atom. The van der Waals surface area contributed by atoms with E-state index >= 15 is 0 Å². The molecular formula is C38H48FN7O2. The molecule has 0 spiro atoms. The predicted octanol–water partition coefficient (Wildman–Crippen LogP) is 6.42. The first-order valence-corrected chi connectivity index (χ1v) is 17.8. The average Bonchev–Trinajstić information content (AvgIpc) is 3.79. The lowest BCUT2D eigenvalue weighted by molar-refractivity contribution is 0.0919. The largest absolute Gasteiger partial charge is 0.364 e. The highest BCUT2D eigenvalue weighted by Crippen LogP contribution is 2.41. The van der Waals surface area contributed by atoms with Crippen LogP contribution in [0.3, 0.4) is 0 Å². The van der Waals surface area contributed by atoms with Crippen LogP contribution in [0.1, 0.15) is 116 Å². The van der Waals surface area contributed by atoms with Gasteiger partial charge in [-0.15, -0.1) is 0 Å². The number of likely N-dealkylation sites (tertiary alicyclic amines) is 1. The topological polar surface area (TPSA) is 116 Å². The molecule has 0 radical (unpaired) electrons. The van der Waals surface area contributed by atoms with Gasteiger partial charge in [0.1, 0.15) is 11.6 Å². The van der Waals surface area contributed by atoms with Crippen LogP contribution in [0, 0.1) is 5.82 Å². The number of halogens is 1. The fourth-order valence-corrected chi connectivity index (χ4v) is 8.11. The molecule has 4 N–H and O–H groups in total. The van der Waals surface area contributed by atoms with E-state index in [1.54, 1.807) is 12.3 Å². The molecule has 48 heavy (non-hydrogen) atoms. The molecule has 2 saturated heterocycles. The first-order chi connectivity index (χ1) is 23.2. The van der Waals surface area contributed by atoms with Crippen LogP contribution in [0.25, 0.3) is 0 Å². The van der Waals surface area contributed by atoms with Crippen LogP contribution >= 0.6 is 0 Å². The summed E-state index contributed by atoms with van der Waals surface area (Å²) in [5.74, 6) is -0.272. The van der Waals surface area contributed by atoms with Gasteiger partial charge in [-0.1, -0.05) is 38.0 Å². The van der Waals surface area contributed by atoms with Crippen molar-refractivity contribution in [2.75, 3.05) is 29.9 Å². The van der Waals surface area contributed by atoms with Crippen molar-refractivity contribution in [3.8, 4) is 0 Å². The van der Waals surface area contributed by atoms with Gasteiger partial charge in [0.05, 0.1) is 11.8 Å². The molecule has 9 nitrogen and oxygen atoms in total. The van der Waals surface area contributed by atoms with Crippen LogP contribution in [0.5, 0.6) is 0 Å². The number of carbonyl (C=O) groups is 2. The van der Waals surface area contributed by atoms with Gasteiger partial charge in [0.25, 0.3) is 11.8 Å². The smallest absolute Gasteiger partial charge is 0.271 e. The number of primary amides is 1. The molecule has 2 atom stereocenters. The summed E-state index contributed by atoms with van der Waals surface area (Å²) in [4.78, 5) is 39.5. The molecule has 4 aliphatic rings.